The number of nitrogens with two attached hydrogens (primary N) is 1. The van der Waals surface area contributed by atoms with E-state index in [1.165, 1.54) is 12.1 Å². The van der Waals surface area contributed by atoms with Crippen LogP contribution in [0.2, 0.25) is 0 Å². The quantitative estimate of drug-likeness (QED) is 0.893. The summed E-state index contributed by atoms with van der Waals surface area (Å²) in [6.07, 6.45) is 0.597. The van der Waals surface area contributed by atoms with Crippen molar-refractivity contribution < 1.29 is 4.39 Å². The first-order chi connectivity index (χ1) is 9.74. The molecule has 0 saturated heterocycles. The van der Waals surface area contributed by atoms with Crippen LogP contribution in [0.25, 0.3) is 0 Å². The fraction of sp³-hybridized carbons (Fsp3) is 0.125. The summed E-state index contributed by atoms with van der Waals surface area (Å²) >= 11 is 0. The summed E-state index contributed by atoms with van der Waals surface area (Å²) in [5.74, 6) is 0.231. The molecule has 1 atom stereocenters. The average molecular weight is 267 g/mol. The Morgan fingerprint density at radius 2 is 1.80 bits per heavy atom. The van der Waals surface area contributed by atoms with E-state index >= 15 is 0 Å². The summed E-state index contributed by atoms with van der Waals surface area (Å²) in [7, 11) is 0. The smallest absolute Gasteiger partial charge is 0.123 e. The third-order valence-corrected chi connectivity index (χ3v) is 3.35. The van der Waals surface area contributed by atoms with Gasteiger partial charge < -0.3 is 5.73 Å². The minimum atomic E-state index is -0.278. The van der Waals surface area contributed by atoms with E-state index in [-0.39, 0.29) is 11.7 Å². The minimum Gasteiger partial charge on any atom is -0.386 e. The minimum absolute atomic E-state index is 0.00972. The summed E-state index contributed by atoms with van der Waals surface area (Å²) in [4.78, 5) is 0. The topological polar surface area (TPSA) is 50.7 Å². The molecule has 0 radical (unpaired) electrons. The van der Waals surface area contributed by atoms with E-state index in [0.29, 0.717) is 12.3 Å². The molecule has 20 heavy (non-hydrogen) atoms. The van der Waals surface area contributed by atoms with Gasteiger partial charge in [0.2, 0.25) is 0 Å². The van der Waals surface area contributed by atoms with Gasteiger partial charge in [0.25, 0.3) is 0 Å². The van der Waals surface area contributed by atoms with Crippen LogP contribution in [0.3, 0.4) is 0 Å². The van der Waals surface area contributed by atoms with Gasteiger partial charge in [0.05, 0.1) is 5.71 Å². The van der Waals surface area contributed by atoms with Crippen molar-refractivity contribution in [2.75, 3.05) is 0 Å². The molecule has 3 rings (SSSR count). The first-order valence-corrected chi connectivity index (χ1v) is 6.45. The molecule has 0 aliphatic carbocycles. The molecule has 0 bridgehead atoms. The van der Waals surface area contributed by atoms with Crippen LogP contribution >= 0.6 is 0 Å². The second-order valence-corrected chi connectivity index (χ2v) is 4.75. The Labute approximate surface area is 116 Å². The molecular weight excluding hydrogens is 253 g/mol. The van der Waals surface area contributed by atoms with E-state index < -0.39 is 0 Å². The lowest BCUT2D eigenvalue weighted by atomic mass is 9.86. The second-order valence-electron chi connectivity index (χ2n) is 4.75. The first-order valence-electron chi connectivity index (χ1n) is 6.45. The summed E-state index contributed by atoms with van der Waals surface area (Å²) in [6, 6.07) is 16.4. The molecule has 1 unspecified atom stereocenters. The van der Waals surface area contributed by atoms with Crippen LogP contribution < -0.4 is 5.73 Å². The van der Waals surface area contributed by atoms with Gasteiger partial charge in [-0.25, -0.2) is 4.39 Å². The summed E-state index contributed by atoms with van der Waals surface area (Å²) in [5, 5.41) is 8.15. The van der Waals surface area contributed by atoms with Crippen molar-refractivity contribution in [2.45, 2.75) is 12.3 Å². The van der Waals surface area contributed by atoms with E-state index in [1.807, 2.05) is 36.4 Å². The molecule has 2 aromatic rings. The molecule has 4 heteroatoms. The lowest BCUT2D eigenvalue weighted by Crippen LogP contribution is -2.25. The van der Waals surface area contributed by atoms with Crippen LogP contribution in [0.15, 0.2) is 64.8 Å². The second kappa shape index (κ2) is 5.25. The fourth-order valence-electron chi connectivity index (χ4n) is 2.40. The van der Waals surface area contributed by atoms with Crippen molar-refractivity contribution in [2.24, 2.45) is 15.9 Å². The molecule has 3 nitrogen and oxygen atoms in total. The highest BCUT2D eigenvalue weighted by molar-refractivity contribution is 6.08. The first kappa shape index (κ1) is 12.5. The standard InChI is InChI=1S/C16H14FN3/c17-13-8-4-7-12(9-13)16-14(10-15(18)19-20-16)11-5-2-1-3-6-11/h1-9,14H,10H2,(H2,18,19). The molecule has 0 spiro atoms. The maximum absolute atomic E-state index is 13.4. The molecule has 0 saturated carbocycles. The van der Waals surface area contributed by atoms with E-state index in [2.05, 4.69) is 10.2 Å². The molecule has 1 heterocycles. The maximum Gasteiger partial charge on any atom is 0.123 e. The highest BCUT2D eigenvalue weighted by Gasteiger charge is 2.24. The highest BCUT2D eigenvalue weighted by atomic mass is 19.1. The number of nitrogens with zero attached hydrogens (tertiary/aromatic N) is 2. The molecule has 2 N–H and O–H groups in total. The Hall–Kier alpha value is -2.49. The monoisotopic (exact) mass is 267 g/mol. The van der Waals surface area contributed by atoms with Gasteiger partial charge in [-0.15, -0.1) is 5.10 Å². The zero-order chi connectivity index (χ0) is 13.9. The van der Waals surface area contributed by atoms with E-state index in [4.69, 9.17) is 5.73 Å². The molecule has 2 aromatic carbocycles. The lowest BCUT2D eigenvalue weighted by Gasteiger charge is -2.22. The Kier molecular flexibility index (Phi) is 3.29. The fourth-order valence-corrected chi connectivity index (χ4v) is 2.40. The SMILES string of the molecule is NC1=NN=C(c2cccc(F)c2)C(c2ccccc2)C1. The summed E-state index contributed by atoms with van der Waals surface area (Å²) in [6.45, 7) is 0. The molecule has 0 aromatic heterocycles. The highest BCUT2D eigenvalue weighted by Crippen LogP contribution is 2.28. The van der Waals surface area contributed by atoms with Crippen molar-refractivity contribution in [1.29, 1.82) is 0 Å². The molecule has 1 aliphatic rings. The van der Waals surface area contributed by atoms with Crippen molar-refractivity contribution in [1.82, 2.24) is 0 Å². The van der Waals surface area contributed by atoms with Gasteiger partial charge in [0.1, 0.15) is 11.7 Å². The number of halogens is 1. The van der Waals surface area contributed by atoms with Crippen molar-refractivity contribution in [3.05, 3.63) is 71.5 Å². The van der Waals surface area contributed by atoms with Gasteiger partial charge in [0.15, 0.2) is 0 Å². The Balaban J connectivity index is 2.06. The summed E-state index contributed by atoms with van der Waals surface area (Å²) < 4.78 is 13.4. The van der Waals surface area contributed by atoms with Crippen molar-refractivity contribution in [3.63, 3.8) is 0 Å². The van der Waals surface area contributed by atoms with Gasteiger partial charge in [-0.05, 0) is 17.7 Å². The Morgan fingerprint density at radius 3 is 2.55 bits per heavy atom. The van der Waals surface area contributed by atoms with Crippen molar-refractivity contribution in [3.8, 4) is 0 Å². The van der Waals surface area contributed by atoms with Crippen LogP contribution in [-0.2, 0) is 0 Å². The number of benzene rings is 2. The largest absolute Gasteiger partial charge is 0.386 e. The predicted octanol–water partition coefficient (Wildman–Crippen LogP) is 3.07. The van der Waals surface area contributed by atoms with E-state index in [0.717, 1.165) is 16.8 Å². The van der Waals surface area contributed by atoms with Crippen LogP contribution in [0.5, 0.6) is 0 Å². The lowest BCUT2D eigenvalue weighted by molar-refractivity contribution is 0.627. The molecule has 0 fully saturated rings. The predicted molar refractivity (Wildman–Crippen MR) is 78.4 cm³/mol. The normalized spacial score (nSPS) is 18.4. The zero-order valence-corrected chi connectivity index (χ0v) is 10.8. The number of rotatable bonds is 2. The van der Waals surface area contributed by atoms with E-state index in [1.54, 1.807) is 6.07 Å². The van der Waals surface area contributed by atoms with E-state index in [9.17, 15) is 4.39 Å². The van der Waals surface area contributed by atoms with Crippen LogP contribution in [0, 0.1) is 5.82 Å². The molecule has 100 valence electrons. The molecule has 1 aliphatic heterocycles. The number of hydrogen-bond acceptors (Lipinski definition) is 3. The number of amidine groups is 1. The number of hydrogen-bond donors (Lipinski definition) is 1. The third-order valence-electron chi connectivity index (χ3n) is 3.35. The van der Waals surface area contributed by atoms with Crippen LogP contribution in [0.4, 0.5) is 4.39 Å². The van der Waals surface area contributed by atoms with Crippen molar-refractivity contribution >= 4 is 11.5 Å². The molecular formula is C16H14FN3. The van der Waals surface area contributed by atoms with Gasteiger partial charge in [-0.2, -0.15) is 5.10 Å². The van der Waals surface area contributed by atoms with Crippen LogP contribution in [-0.4, -0.2) is 11.5 Å². The Bertz CT molecular complexity index is 677. The van der Waals surface area contributed by atoms with Gasteiger partial charge >= 0.3 is 0 Å². The molecule has 0 amide bonds. The van der Waals surface area contributed by atoms with Gasteiger partial charge in [-0.3, -0.25) is 0 Å². The van der Waals surface area contributed by atoms with Crippen LogP contribution in [0.1, 0.15) is 23.5 Å². The maximum atomic E-state index is 13.4. The summed E-state index contributed by atoms with van der Waals surface area (Å²) in [5.41, 5.74) is 8.41. The zero-order valence-electron chi connectivity index (χ0n) is 10.8. The average Bonchev–Trinajstić information content (AvgIpc) is 2.48. The van der Waals surface area contributed by atoms with Gasteiger partial charge in [0, 0.05) is 17.9 Å². The third kappa shape index (κ3) is 2.45. The van der Waals surface area contributed by atoms with Gasteiger partial charge in [-0.1, -0.05) is 42.5 Å². The Morgan fingerprint density at radius 1 is 1.00 bits per heavy atom.